The van der Waals surface area contributed by atoms with Gasteiger partial charge in [0.25, 0.3) is 0 Å². The minimum atomic E-state index is -4.42. The van der Waals surface area contributed by atoms with Gasteiger partial charge in [0.05, 0.1) is 22.8 Å². The zero-order chi connectivity index (χ0) is 22.6. The number of alkyl halides is 6. The Bertz CT molecular complexity index is 883. The molecule has 0 atom stereocenters. The van der Waals surface area contributed by atoms with Crippen molar-refractivity contribution in [1.82, 2.24) is 0 Å². The molecule has 0 radical (unpaired) electrons. The summed E-state index contributed by atoms with van der Waals surface area (Å²) in [7, 11) is 6.64. The Morgan fingerprint density at radius 2 is 1.14 bits per heavy atom. The summed E-state index contributed by atoms with van der Waals surface area (Å²) in [6, 6.07) is 8.79. The van der Waals surface area contributed by atoms with E-state index in [1.807, 2.05) is 0 Å². The van der Waals surface area contributed by atoms with Crippen molar-refractivity contribution < 1.29 is 26.3 Å². The van der Waals surface area contributed by atoms with Gasteiger partial charge in [-0.25, -0.2) is 0 Å². The monoisotopic (exact) mass is 481 g/mol. The van der Waals surface area contributed by atoms with Gasteiger partial charge in [0.15, 0.2) is 0 Å². The van der Waals surface area contributed by atoms with Crippen molar-refractivity contribution in [2.45, 2.75) is 12.4 Å². The van der Waals surface area contributed by atoms with Crippen LogP contribution < -0.4 is 9.80 Å². The average molecular weight is 482 g/mol. The summed E-state index contributed by atoms with van der Waals surface area (Å²) in [5.41, 5.74) is -0.553. The topological polar surface area (TPSA) is 30.3 Å². The van der Waals surface area contributed by atoms with Crippen molar-refractivity contribution in [2.24, 2.45) is 0 Å². The highest BCUT2D eigenvalue weighted by Gasteiger charge is 2.32. The van der Waals surface area contributed by atoms with Crippen LogP contribution in [0, 0.1) is 11.3 Å². The molecule has 0 amide bonds. The van der Waals surface area contributed by atoms with Crippen molar-refractivity contribution in [1.29, 1.82) is 5.26 Å². The summed E-state index contributed by atoms with van der Waals surface area (Å²) >= 11 is 3.05. The third-order valence-corrected chi connectivity index (χ3v) is 4.07. The van der Waals surface area contributed by atoms with Crippen LogP contribution in [0.5, 0.6) is 0 Å². The van der Waals surface area contributed by atoms with Gasteiger partial charge in [-0.15, -0.1) is 0 Å². The fourth-order valence-electron chi connectivity index (χ4n) is 2.09. The molecule has 3 nitrogen and oxygen atoms in total. The molecular weight excluding hydrogens is 464 g/mol. The van der Waals surface area contributed by atoms with Crippen LogP contribution in [0.15, 0.2) is 40.9 Å². The maximum Gasteiger partial charge on any atom is 0.416 e. The summed E-state index contributed by atoms with van der Waals surface area (Å²) in [4.78, 5) is 3.15. The molecule has 0 aliphatic rings. The first-order valence-corrected chi connectivity index (χ1v) is 8.79. The van der Waals surface area contributed by atoms with Crippen LogP contribution in [-0.2, 0) is 12.4 Å². The van der Waals surface area contributed by atoms with E-state index in [1.165, 1.54) is 11.0 Å². The first-order chi connectivity index (χ1) is 13.1. The van der Waals surface area contributed by atoms with E-state index in [0.717, 1.165) is 24.3 Å². The van der Waals surface area contributed by atoms with E-state index >= 15 is 0 Å². The molecule has 0 heterocycles. The predicted molar refractivity (Wildman–Crippen MR) is 104 cm³/mol. The normalized spacial score (nSPS) is 11.2. The molecule has 0 unspecified atom stereocenters. The highest BCUT2D eigenvalue weighted by molar-refractivity contribution is 9.10. The second-order valence-electron chi connectivity index (χ2n) is 6.36. The van der Waals surface area contributed by atoms with Gasteiger partial charge in [-0.2, -0.15) is 31.6 Å². The largest absolute Gasteiger partial charge is 0.416 e. The predicted octanol–water partition coefficient (Wildman–Crippen LogP) is 6.18. The van der Waals surface area contributed by atoms with E-state index in [4.69, 9.17) is 5.26 Å². The summed E-state index contributed by atoms with van der Waals surface area (Å²) < 4.78 is 74.8. The van der Waals surface area contributed by atoms with Crippen molar-refractivity contribution in [3.8, 4) is 6.07 Å². The minimum absolute atomic E-state index is 0.00789. The van der Waals surface area contributed by atoms with Crippen molar-refractivity contribution in [3.05, 3.63) is 57.6 Å². The Labute approximate surface area is 173 Å². The molecule has 2 rings (SSSR count). The molecule has 158 valence electrons. The number of hydrogen-bond acceptors (Lipinski definition) is 3. The van der Waals surface area contributed by atoms with Gasteiger partial charge in [0.2, 0.25) is 0 Å². The molecule has 0 saturated heterocycles. The number of halogens is 7. The Kier molecular flexibility index (Phi) is 7.98. The molecule has 0 aromatic heterocycles. The fourth-order valence-corrected chi connectivity index (χ4v) is 2.57. The van der Waals surface area contributed by atoms with Gasteiger partial charge >= 0.3 is 12.4 Å². The quantitative estimate of drug-likeness (QED) is 0.480. The Balaban J connectivity index is 0.000000291. The number of rotatable bonds is 2. The lowest BCUT2D eigenvalue weighted by Gasteiger charge is -2.15. The molecule has 0 fully saturated rings. The summed E-state index contributed by atoms with van der Waals surface area (Å²) in [6.45, 7) is 0. The molecule has 29 heavy (non-hydrogen) atoms. The molecule has 0 N–H and O–H groups in total. The van der Waals surface area contributed by atoms with Crippen LogP contribution >= 0.6 is 15.9 Å². The molecule has 0 aliphatic carbocycles. The number of anilines is 2. The number of nitriles is 1. The van der Waals surface area contributed by atoms with E-state index in [9.17, 15) is 26.3 Å². The fraction of sp³-hybridized carbons (Fsp3) is 0.316. The molecule has 0 bridgehead atoms. The van der Waals surface area contributed by atoms with E-state index in [2.05, 4.69) is 15.9 Å². The highest BCUT2D eigenvalue weighted by atomic mass is 79.9. The summed E-state index contributed by atoms with van der Waals surface area (Å²) in [6.07, 6.45) is -8.72. The third-order valence-electron chi connectivity index (χ3n) is 3.62. The first kappa shape index (κ1) is 24.6. The zero-order valence-electron chi connectivity index (χ0n) is 16.0. The molecule has 0 spiro atoms. The molecule has 0 aliphatic heterocycles. The molecule has 0 saturated carbocycles. The lowest BCUT2D eigenvalue weighted by Crippen LogP contribution is -2.12. The summed E-state index contributed by atoms with van der Waals surface area (Å²) in [5, 5.41) is 8.60. The molecule has 10 heteroatoms. The van der Waals surface area contributed by atoms with Gasteiger partial charge in [0, 0.05) is 44.0 Å². The van der Waals surface area contributed by atoms with Crippen molar-refractivity contribution in [3.63, 3.8) is 0 Å². The van der Waals surface area contributed by atoms with Crippen LogP contribution in [0.3, 0.4) is 0 Å². The van der Waals surface area contributed by atoms with Crippen LogP contribution in [-0.4, -0.2) is 28.2 Å². The maximum atomic E-state index is 12.4. The minimum Gasteiger partial charge on any atom is -0.378 e. The van der Waals surface area contributed by atoms with Crippen LogP contribution in [0.4, 0.5) is 37.7 Å². The number of benzene rings is 2. The van der Waals surface area contributed by atoms with Gasteiger partial charge in [-0.1, -0.05) is 15.9 Å². The Hall–Kier alpha value is -2.41. The molecular formula is C19H18BrF6N3. The highest BCUT2D eigenvalue weighted by Crippen LogP contribution is 2.34. The van der Waals surface area contributed by atoms with Gasteiger partial charge in [-0.05, 0) is 36.4 Å². The third kappa shape index (κ3) is 7.49. The van der Waals surface area contributed by atoms with Crippen LogP contribution in [0.2, 0.25) is 0 Å². The first-order valence-electron chi connectivity index (χ1n) is 8.00. The number of nitrogens with zero attached hydrogens (tertiary/aromatic N) is 3. The van der Waals surface area contributed by atoms with E-state index in [0.29, 0.717) is 15.8 Å². The maximum absolute atomic E-state index is 12.4. The second kappa shape index (κ2) is 9.39. The lowest BCUT2D eigenvalue weighted by atomic mass is 10.1. The van der Waals surface area contributed by atoms with Crippen molar-refractivity contribution >= 4 is 27.3 Å². The smallest absolute Gasteiger partial charge is 0.378 e. The van der Waals surface area contributed by atoms with Crippen LogP contribution in [0.1, 0.15) is 16.7 Å². The van der Waals surface area contributed by atoms with Crippen molar-refractivity contribution in [2.75, 3.05) is 38.0 Å². The second-order valence-corrected chi connectivity index (χ2v) is 7.28. The summed E-state index contributed by atoms with van der Waals surface area (Å²) in [5.74, 6) is 0. The van der Waals surface area contributed by atoms with E-state index < -0.39 is 23.5 Å². The number of hydrogen-bond donors (Lipinski definition) is 0. The molecule has 2 aromatic rings. The molecule has 2 aromatic carbocycles. The average Bonchev–Trinajstić information content (AvgIpc) is 2.59. The van der Waals surface area contributed by atoms with E-state index in [1.54, 1.807) is 45.2 Å². The van der Waals surface area contributed by atoms with Gasteiger partial charge in [-0.3, -0.25) is 0 Å². The van der Waals surface area contributed by atoms with Gasteiger partial charge in [0.1, 0.15) is 0 Å². The zero-order valence-corrected chi connectivity index (χ0v) is 17.5. The lowest BCUT2D eigenvalue weighted by molar-refractivity contribution is -0.138. The van der Waals surface area contributed by atoms with Gasteiger partial charge < -0.3 is 9.80 Å². The Morgan fingerprint density at radius 3 is 1.52 bits per heavy atom. The van der Waals surface area contributed by atoms with Crippen LogP contribution in [0.25, 0.3) is 0 Å². The van der Waals surface area contributed by atoms with E-state index in [-0.39, 0.29) is 5.56 Å². The standard InChI is InChI=1S/C10H9F3N2.C9H9BrF3N/c1-15(2)9-4-7(6-14)3-8(5-9)10(11,12)13;1-14(2)8-4-6(9(11,12)13)3-7(10)5-8/h3-5H,1-2H3;3-5H,1-2H3. The SMILES string of the molecule is CN(C)c1cc(Br)cc(C(F)(F)F)c1.CN(C)c1cc(C#N)cc(C(F)(F)F)c1. The Morgan fingerprint density at radius 1 is 0.724 bits per heavy atom.